The summed E-state index contributed by atoms with van der Waals surface area (Å²) in [7, 11) is 1.69. The molecule has 0 N–H and O–H groups in total. The van der Waals surface area contributed by atoms with E-state index in [0.29, 0.717) is 18.4 Å². The Kier molecular flexibility index (Phi) is 5.26. The molecule has 1 heterocycles. The summed E-state index contributed by atoms with van der Waals surface area (Å²) in [5.41, 5.74) is 1.11. The van der Waals surface area contributed by atoms with Crippen LogP contribution in [0.25, 0.3) is 0 Å². The first-order valence-corrected chi connectivity index (χ1v) is 9.53. The number of benzene rings is 1. The molecule has 0 unspecified atom stereocenters. The van der Waals surface area contributed by atoms with Crippen molar-refractivity contribution in [3.63, 3.8) is 0 Å². The van der Waals surface area contributed by atoms with Crippen LogP contribution in [0, 0.1) is 0 Å². The molecule has 1 aromatic carbocycles. The third kappa shape index (κ3) is 4.10. The summed E-state index contributed by atoms with van der Waals surface area (Å²) in [6.07, 6.45) is 6.58. The zero-order valence-electron chi connectivity index (χ0n) is 16.0. The molecule has 1 saturated carbocycles. The van der Waals surface area contributed by atoms with Crippen molar-refractivity contribution >= 4 is 5.91 Å². The van der Waals surface area contributed by atoms with Crippen molar-refractivity contribution in [3.05, 3.63) is 23.8 Å². The highest BCUT2D eigenvalue weighted by Crippen LogP contribution is 2.37. The Balaban J connectivity index is 1.80. The van der Waals surface area contributed by atoms with E-state index in [4.69, 9.17) is 9.47 Å². The minimum atomic E-state index is -0.134. The van der Waals surface area contributed by atoms with Gasteiger partial charge in [0.05, 0.1) is 13.2 Å². The molecule has 1 atom stereocenters. The number of carbonyl (C=O) groups is 1. The highest BCUT2D eigenvalue weighted by atomic mass is 16.5. The first-order valence-electron chi connectivity index (χ1n) is 9.53. The Morgan fingerprint density at radius 1 is 1.08 bits per heavy atom. The molecule has 4 heteroatoms. The summed E-state index contributed by atoms with van der Waals surface area (Å²) in [6, 6.07) is 6.28. The predicted octanol–water partition coefficient (Wildman–Crippen LogP) is 4.52. The zero-order chi connectivity index (χ0) is 18.0. The van der Waals surface area contributed by atoms with Crippen molar-refractivity contribution < 1.29 is 14.3 Å². The Morgan fingerprint density at radius 2 is 1.80 bits per heavy atom. The van der Waals surface area contributed by atoms with Crippen molar-refractivity contribution in [2.45, 2.75) is 76.9 Å². The van der Waals surface area contributed by atoms with E-state index in [1.165, 1.54) is 18.4 Å². The molecule has 25 heavy (non-hydrogen) atoms. The SMILES string of the molecule is COc1ccc([C@@H]2CCC(=O)N(C(C)(C)C)C2)cc1OC1CCCC1. The Morgan fingerprint density at radius 3 is 2.44 bits per heavy atom. The summed E-state index contributed by atoms with van der Waals surface area (Å²) in [6.45, 7) is 7.10. The van der Waals surface area contributed by atoms with Gasteiger partial charge in [-0.15, -0.1) is 0 Å². The fraction of sp³-hybridized carbons (Fsp3) is 0.667. The van der Waals surface area contributed by atoms with E-state index in [9.17, 15) is 4.79 Å². The van der Waals surface area contributed by atoms with Crippen LogP contribution in [0.15, 0.2) is 18.2 Å². The number of methoxy groups -OCH3 is 1. The maximum atomic E-state index is 12.3. The van der Waals surface area contributed by atoms with Gasteiger partial charge in [0, 0.05) is 24.4 Å². The zero-order valence-corrected chi connectivity index (χ0v) is 16.0. The van der Waals surface area contributed by atoms with Gasteiger partial charge >= 0.3 is 0 Å². The number of likely N-dealkylation sites (tertiary alicyclic amines) is 1. The van der Waals surface area contributed by atoms with Gasteiger partial charge in [0.15, 0.2) is 11.5 Å². The van der Waals surface area contributed by atoms with Gasteiger partial charge in [-0.1, -0.05) is 6.07 Å². The van der Waals surface area contributed by atoms with E-state index in [0.717, 1.165) is 37.3 Å². The van der Waals surface area contributed by atoms with Gasteiger partial charge < -0.3 is 14.4 Å². The van der Waals surface area contributed by atoms with E-state index >= 15 is 0 Å². The van der Waals surface area contributed by atoms with Gasteiger partial charge in [-0.3, -0.25) is 4.79 Å². The van der Waals surface area contributed by atoms with E-state index in [1.807, 2.05) is 11.0 Å². The highest BCUT2D eigenvalue weighted by Gasteiger charge is 2.33. The number of rotatable bonds is 4. The van der Waals surface area contributed by atoms with Crippen molar-refractivity contribution in [3.8, 4) is 11.5 Å². The molecule has 0 bridgehead atoms. The second-order valence-corrected chi connectivity index (χ2v) is 8.35. The highest BCUT2D eigenvalue weighted by molar-refractivity contribution is 5.78. The van der Waals surface area contributed by atoms with Gasteiger partial charge in [0.1, 0.15) is 0 Å². The van der Waals surface area contributed by atoms with Gasteiger partial charge in [-0.25, -0.2) is 0 Å². The number of piperidine rings is 1. The molecular formula is C21H31NO3. The third-order valence-corrected chi connectivity index (χ3v) is 5.48. The number of ether oxygens (including phenoxy) is 2. The average Bonchev–Trinajstić information content (AvgIpc) is 3.07. The smallest absolute Gasteiger partial charge is 0.223 e. The van der Waals surface area contributed by atoms with Crippen molar-refractivity contribution in [2.75, 3.05) is 13.7 Å². The van der Waals surface area contributed by atoms with Crippen LogP contribution in [0.1, 0.15) is 70.8 Å². The number of nitrogens with zero attached hydrogens (tertiary/aromatic N) is 1. The molecule has 1 amide bonds. The van der Waals surface area contributed by atoms with E-state index < -0.39 is 0 Å². The molecule has 138 valence electrons. The van der Waals surface area contributed by atoms with Gasteiger partial charge in [-0.2, -0.15) is 0 Å². The van der Waals surface area contributed by atoms with Crippen molar-refractivity contribution in [1.29, 1.82) is 0 Å². The molecule has 0 spiro atoms. The lowest BCUT2D eigenvalue weighted by Gasteiger charge is -2.41. The van der Waals surface area contributed by atoms with Gasteiger partial charge in [0.2, 0.25) is 5.91 Å². The predicted molar refractivity (Wildman–Crippen MR) is 99.3 cm³/mol. The molecule has 0 aromatic heterocycles. The van der Waals surface area contributed by atoms with Gasteiger partial charge in [0.25, 0.3) is 0 Å². The van der Waals surface area contributed by atoms with E-state index in [1.54, 1.807) is 7.11 Å². The van der Waals surface area contributed by atoms with Crippen LogP contribution < -0.4 is 9.47 Å². The topological polar surface area (TPSA) is 38.8 Å². The average molecular weight is 345 g/mol. The quantitative estimate of drug-likeness (QED) is 0.805. The Bertz CT molecular complexity index is 614. The van der Waals surface area contributed by atoms with E-state index in [-0.39, 0.29) is 11.4 Å². The molecule has 0 radical (unpaired) electrons. The fourth-order valence-electron chi connectivity index (χ4n) is 3.99. The maximum Gasteiger partial charge on any atom is 0.223 e. The minimum Gasteiger partial charge on any atom is -0.493 e. The molecule has 1 aliphatic heterocycles. The van der Waals surface area contributed by atoms with Gasteiger partial charge in [-0.05, 0) is 70.6 Å². The molecule has 2 aliphatic rings. The van der Waals surface area contributed by atoms with Crippen LogP contribution in [-0.4, -0.2) is 36.1 Å². The molecule has 1 aromatic rings. The van der Waals surface area contributed by atoms with Crippen molar-refractivity contribution in [2.24, 2.45) is 0 Å². The second-order valence-electron chi connectivity index (χ2n) is 8.35. The first-order chi connectivity index (χ1) is 11.9. The maximum absolute atomic E-state index is 12.3. The van der Waals surface area contributed by atoms with Crippen molar-refractivity contribution in [1.82, 2.24) is 4.90 Å². The molecular weight excluding hydrogens is 314 g/mol. The van der Waals surface area contributed by atoms with Crippen LogP contribution in [0.3, 0.4) is 0 Å². The summed E-state index contributed by atoms with van der Waals surface area (Å²) in [5, 5.41) is 0. The van der Waals surface area contributed by atoms with Crippen LogP contribution in [-0.2, 0) is 4.79 Å². The summed E-state index contributed by atoms with van der Waals surface area (Å²) in [5.74, 6) is 2.27. The Labute approximate surface area is 151 Å². The molecule has 3 rings (SSSR count). The third-order valence-electron chi connectivity index (χ3n) is 5.48. The molecule has 4 nitrogen and oxygen atoms in total. The van der Waals surface area contributed by atoms with Crippen LogP contribution in [0.5, 0.6) is 11.5 Å². The second kappa shape index (κ2) is 7.27. The van der Waals surface area contributed by atoms with Crippen LogP contribution in [0.4, 0.5) is 0 Å². The summed E-state index contributed by atoms with van der Waals surface area (Å²) in [4.78, 5) is 14.3. The summed E-state index contributed by atoms with van der Waals surface area (Å²) < 4.78 is 11.7. The number of hydrogen-bond donors (Lipinski definition) is 0. The number of amides is 1. The van der Waals surface area contributed by atoms with Crippen LogP contribution >= 0.6 is 0 Å². The molecule has 2 fully saturated rings. The standard InChI is InChI=1S/C21H31NO3/c1-21(2,3)22-14-16(10-12-20(22)23)15-9-11-18(24-4)19(13-15)25-17-7-5-6-8-17/h9,11,13,16-17H,5-8,10,12,14H2,1-4H3/t16-/m1/s1. The molecule has 1 saturated heterocycles. The normalized spacial score (nSPS) is 22.3. The monoisotopic (exact) mass is 345 g/mol. The largest absolute Gasteiger partial charge is 0.493 e. The number of carbonyl (C=O) groups excluding carboxylic acids is 1. The summed E-state index contributed by atoms with van der Waals surface area (Å²) >= 11 is 0. The lowest BCUT2D eigenvalue weighted by molar-refractivity contribution is -0.139. The minimum absolute atomic E-state index is 0.134. The number of hydrogen-bond acceptors (Lipinski definition) is 3. The lowest BCUT2D eigenvalue weighted by Crippen LogP contribution is -2.50. The Hall–Kier alpha value is -1.71. The first kappa shape index (κ1) is 18.1. The fourth-order valence-corrected chi connectivity index (χ4v) is 3.99. The van der Waals surface area contributed by atoms with Crippen LogP contribution in [0.2, 0.25) is 0 Å². The molecule has 1 aliphatic carbocycles. The van der Waals surface area contributed by atoms with E-state index in [2.05, 4.69) is 32.9 Å². The lowest BCUT2D eigenvalue weighted by atomic mass is 9.87.